The number of aromatic nitrogens is 3. The predicted octanol–water partition coefficient (Wildman–Crippen LogP) is 1.29. The third kappa shape index (κ3) is 6.98. The Morgan fingerprint density at radius 3 is 2.68 bits per heavy atom. The van der Waals surface area contributed by atoms with Crippen LogP contribution in [0, 0.1) is 0 Å². The van der Waals surface area contributed by atoms with Crippen LogP contribution in [0.4, 0.5) is 0 Å². The summed E-state index contributed by atoms with van der Waals surface area (Å²) in [6.07, 6.45) is 1.50. The van der Waals surface area contributed by atoms with E-state index in [4.69, 9.17) is 0 Å². The fourth-order valence-electron chi connectivity index (χ4n) is 1.95. The van der Waals surface area contributed by atoms with Gasteiger partial charge in [0.2, 0.25) is 0 Å². The van der Waals surface area contributed by atoms with Gasteiger partial charge in [0.1, 0.15) is 12.2 Å². The normalized spacial score (nSPS) is 10.8. The lowest BCUT2D eigenvalue weighted by Crippen LogP contribution is -2.41. The van der Waals surface area contributed by atoms with Crippen LogP contribution in [0.5, 0.6) is 0 Å². The Hall–Kier alpha value is -1.69. The van der Waals surface area contributed by atoms with Gasteiger partial charge in [0.05, 0.1) is 6.54 Å². The molecule has 0 saturated carbocycles. The Morgan fingerprint density at radius 2 is 2.04 bits per heavy atom. The molecule has 1 aromatic carbocycles. The van der Waals surface area contributed by atoms with Crippen LogP contribution in [0.2, 0.25) is 0 Å². The van der Waals surface area contributed by atoms with Crippen LogP contribution in [0.1, 0.15) is 16.2 Å². The van der Waals surface area contributed by atoms with Gasteiger partial charge in [0, 0.05) is 37.2 Å². The first kappa shape index (κ1) is 21.4. The minimum absolute atomic E-state index is 0. The smallest absolute Gasteiger partial charge is 0.251 e. The van der Waals surface area contributed by atoms with E-state index in [1.54, 1.807) is 23.9 Å². The Labute approximate surface area is 172 Å². The topological polar surface area (TPSA) is 96.2 Å². The van der Waals surface area contributed by atoms with E-state index in [9.17, 15) is 4.79 Å². The summed E-state index contributed by atoms with van der Waals surface area (Å²) in [5.74, 6) is 1.33. The number of rotatable bonds is 6. The largest absolute Gasteiger partial charge is 0.355 e. The average Bonchev–Trinajstić information content (AvgIpc) is 2.99. The van der Waals surface area contributed by atoms with E-state index >= 15 is 0 Å². The molecule has 0 fully saturated rings. The molecule has 136 valence electrons. The van der Waals surface area contributed by atoms with Crippen LogP contribution in [0.3, 0.4) is 0 Å². The van der Waals surface area contributed by atoms with Crippen molar-refractivity contribution in [2.45, 2.75) is 6.54 Å². The van der Waals surface area contributed by atoms with Crippen LogP contribution in [-0.4, -0.2) is 46.8 Å². The molecule has 0 aliphatic carbocycles. The monoisotopic (exact) mass is 521 g/mol. The Bertz CT molecular complexity index is 719. The van der Waals surface area contributed by atoms with Gasteiger partial charge in [-0.1, -0.05) is 22.0 Å². The second kappa shape index (κ2) is 11.0. The molecule has 0 bridgehead atoms. The molecule has 1 amide bonds. The van der Waals surface area contributed by atoms with Crippen molar-refractivity contribution in [2.24, 2.45) is 12.0 Å². The molecule has 0 spiro atoms. The number of aryl methyl sites for hydroxylation is 1. The molecule has 1 aromatic heterocycles. The quantitative estimate of drug-likeness (QED) is 0.230. The van der Waals surface area contributed by atoms with Crippen molar-refractivity contribution in [3.8, 4) is 0 Å². The van der Waals surface area contributed by atoms with Crippen LogP contribution in [0.25, 0.3) is 0 Å². The highest BCUT2D eigenvalue weighted by Crippen LogP contribution is 2.11. The van der Waals surface area contributed by atoms with E-state index in [0.717, 1.165) is 10.3 Å². The minimum atomic E-state index is -0.111. The number of aliphatic imine (C=N–C) groups is 1. The molecular formula is C15H21BrIN7O. The summed E-state index contributed by atoms with van der Waals surface area (Å²) < 4.78 is 2.57. The van der Waals surface area contributed by atoms with Gasteiger partial charge in [-0.25, -0.2) is 4.98 Å². The van der Waals surface area contributed by atoms with Gasteiger partial charge in [-0.15, -0.1) is 24.0 Å². The first-order valence-electron chi connectivity index (χ1n) is 7.41. The van der Waals surface area contributed by atoms with Crippen molar-refractivity contribution in [1.82, 2.24) is 30.7 Å². The van der Waals surface area contributed by atoms with Crippen LogP contribution in [0.15, 0.2) is 40.1 Å². The van der Waals surface area contributed by atoms with Gasteiger partial charge in [-0.05, 0) is 18.2 Å². The van der Waals surface area contributed by atoms with Gasteiger partial charge in [-0.3, -0.25) is 14.5 Å². The van der Waals surface area contributed by atoms with Crippen molar-refractivity contribution in [3.05, 3.63) is 46.5 Å². The highest BCUT2D eigenvalue weighted by atomic mass is 127. The number of halogens is 2. The van der Waals surface area contributed by atoms with Gasteiger partial charge in [-0.2, -0.15) is 5.10 Å². The zero-order valence-corrected chi connectivity index (χ0v) is 17.9. The van der Waals surface area contributed by atoms with Crippen molar-refractivity contribution >= 4 is 51.8 Å². The first-order chi connectivity index (χ1) is 11.6. The van der Waals surface area contributed by atoms with Crippen molar-refractivity contribution < 1.29 is 4.79 Å². The van der Waals surface area contributed by atoms with Crippen molar-refractivity contribution in [3.63, 3.8) is 0 Å². The number of carbonyl (C=O) groups is 1. The predicted molar refractivity (Wildman–Crippen MR) is 111 cm³/mol. The maximum absolute atomic E-state index is 12.0. The molecule has 8 nitrogen and oxygen atoms in total. The number of hydrogen-bond acceptors (Lipinski definition) is 4. The second-order valence-electron chi connectivity index (χ2n) is 4.92. The van der Waals surface area contributed by atoms with Crippen LogP contribution >= 0.6 is 39.9 Å². The van der Waals surface area contributed by atoms with Crippen LogP contribution in [-0.2, 0) is 13.6 Å². The van der Waals surface area contributed by atoms with E-state index in [2.05, 4.69) is 47.0 Å². The number of amides is 1. The number of benzene rings is 1. The Kier molecular flexibility index (Phi) is 9.42. The Balaban J connectivity index is 0.00000312. The lowest BCUT2D eigenvalue weighted by molar-refractivity contribution is 0.0954. The summed E-state index contributed by atoms with van der Waals surface area (Å²) in [7, 11) is 3.52. The minimum Gasteiger partial charge on any atom is -0.355 e. The maximum atomic E-state index is 12.0. The molecule has 0 aliphatic rings. The molecule has 0 unspecified atom stereocenters. The summed E-state index contributed by atoms with van der Waals surface area (Å²) >= 11 is 3.35. The number of nitrogens with zero attached hydrogens (tertiary/aromatic N) is 4. The van der Waals surface area contributed by atoms with Crippen molar-refractivity contribution in [1.29, 1.82) is 0 Å². The zero-order valence-electron chi connectivity index (χ0n) is 14.0. The van der Waals surface area contributed by atoms with Gasteiger partial charge < -0.3 is 16.0 Å². The highest BCUT2D eigenvalue weighted by Gasteiger charge is 2.05. The van der Waals surface area contributed by atoms with Crippen LogP contribution < -0.4 is 16.0 Å². The van der Waals surface area contributed by atoms with Gasteiger partial charge in [0.25, 0.3) is 5.91 Å². The summed E-state index contributed by atoms with van der Waals surface area (Å²) in [5.41, 5.74) is 0.620. The van der Waals surface area contributed by atoms with Gasteiger partial charge in [0.15, 0.2) is 5.96 Å². The maximum Gasteiger partial charge on any atom is 0.251 e. The molecule has 1 heterocycles. The standard InChI is InChI=1S/C15H20BrN7O.HI/c1-17-15(20-9-13-21-10-22-23(13)2)19-7-6-18-14(24)11-4-3-5-12(16)8-11;/h3-5,8,10H,6-7,9H2,1-2H3,(H,18,24)(H2,17,19,20);1H. The molecule has 2 aromatic rings. The molecule has 25 heavy (non-hydrogen) atoms. The van der Waals surface area contributed by atoms with E-state index < -0.39 is 0 Å². The molecule has 2 rings (SSSR count). The van der Waals surface area contributed by atoms with E-state index in [-0.39, 0.29) is 29.9 Å². The number of hydrogen-bond donors (Lipinski definition) is 3. The van der Waals surface area contributed by atoms with E-state index in [1.165, 1.54) is 6.33 Å². The molecule has 10 heteroatoms. The third-order valence-electron chi connectivity index (χ3n) is 3.23. The molecule has 0 radical (unpaired) electrons. The summed E-state index contributed by atoms with van der Waals surface area (Å²) in [6.45, 7) is 1.55. The molecular weight excluding hydrogens is 501 g/mol. The molecule has 0 atom stereocenters. The SMILES string of the molecule is CN=C(NCCNC(=O)c1cccc(Br)c1)NCc1ncnn1C.I. The molecule has 0 aliphatic heterocycles. The summed E-state index contributed by atoms with van der Waals surface area (Å²) in [5, 5.41) is 13.1. The van der Waals surface area contributed by atoms with E-state index in [0.29, 0.717) is 31.2 Å². The fourth-order valence-corrected chi connectivity index (χ4v) is 2.35. The summed E-state index contributed by atoms with van der Waals surface area (Å²) in [6, 6.07) is 7.26. The van der Waals surface area contributed by atoms with E-state index in [1.807, 2.05) is 19.2 Å². The summed E-state index contributed by atoms with van der Waals surface area (Å²) in [4.78, 5) is 20.3. The molecule has 0 saturated heterocycles. The van der Waals surface area contributed by atoms with Gasteiger partial charge >= 0.3 is 0 Å². The number of guanidine groups is 1. The Morgan fingerprint density at radius 1 is 1.28 bits per heavy atom. The third-order valence-corrected chi connectivity index (χ3v) is 3.73. The highest BCUT2D eigenvalue weighted by molar-refractivity contribution is 14.0. The lowest BCUT2D eigenvalue weighted by atomic mass is 10.2. The zero-order chi connectivity index (χ0) is 17.4. The second-order valence-corrected chi connectivity index (χ2v) is 5.83. The number of nitrogens with one attached hydrogen (secondary N) is 3. The average molecular weight is 522 g/mol. The fraction of sp³-hybridized carbons (Fsp3) is 0.333. The molecule has 3 N–H and O–H groups in total. The first-order valence-corrected chi connectivity index (χ1v) is 8.20. The van der Waals surface area contributed by atoms with Crippen molar-refractivity contribution in [2.75, 3.05) is 20.1 Å². The lowest BCUT2D eigenvalue weighted by Gasteiger charge is -2.12. The number of carbonyl (C=O) groups excluding carboxylic acids is 1.